The van der Waals surface area contributed by atoms with Gasteiger partial charge in [0, 0.05) is 11.9 Å². The zero-order valence-corrected chi connectivity index (χ0v) is 13.9. The first-order chi connectivity index (χ1) is 7.74. The summed E-state index contributed by atoms with van der Waals surface area (Å²) in [5.41, 5.74) is 0. The van der Waals surface area contributed by atoms with Gasteiger partial charge in [-0.1, -0.05) is 62.4 Å². The fraction of sp³-hybridized carbons (Fsp3) is 1.00. The molecule has 0 bridgehead atoms. The van der Waals surface area contributed by atoms with Crippen molar-refractivity contribution in [1.29, 1.82) is 0 Å². The molecule has 98 valence electrons. The summed E-state index contributed by atoms with van der Waals surface area (Å²) in [5.74, 6) is 0. The van der Waals surface area contributed by atoms with Crippen LogP contribution < -0.4 is 0 Å². The van der Waals surface area contributed by atoms with E-state index in [2.05, 4.69) is 36.7 Å². The first kappa shape index (κ1) is 16.7. The lowest BCUT2D eigenvalue weighted by Crippen LogP contribution is -2.38. The van der Waals surface area contributed by atoms with Crippen LogP contribution in [0.4, 0.5) is 0 Å². The monoisotopic (exact) mass is 308 g/mol. The van der Waals surface area contributed by atoms with Crippen molar-refractivity contribution >= 4 is 24.2 Å². The molecule has 16 heavy (non-hydrogen) atoms. The molecule has 3 heteroatoms. The number of hydrogen-bond acceptors (Lipinski definition) is 1. The molecule has 0 aliphatic heterocycles. The van der Waals surface area contributed by atoms with Gasteiger partial charge in [-0.2, -0.15) is 0 Å². The topological polar surface area (TPSA) is 9.23 Å². The van der Waals surface area contributed by atoms with Gasteiger partial charge in [-0.25, -0.2) is 0 Å². The van der Waals surface area contributed by atoms with Crippen LogP contribution in [-0.4, -0.2) is 20.3 Å². The number of halogens is 1. The van der Waals surface area contributed by atoms with E-state index in [1.807, 2.05) is 0 Å². The molecular weight excluding hydrogens is 280 g/mol. The summed E-state index contributed by atoms with van der Waals surface area (Å²) in [6, 6.07) is 4.04. The molecule has 0 saturated heterocycles. The molecule has 0 radical (unpaired) electrons. The van der Waals surface area contributed by atoms with Gasteiger partial charge in [-0.05, 0) is 24.6 Å². The molecule has 0 N–H and O–H groups in total. The molecule has 0 spiro atoms. The maximum Gasteiger partial charge on any atom is 0.193 e. The Balaban J connectivity index is 4.32. The van der Waals surface area contributed by atoms with Crippen LogP contribution in [0.1, 0.15) is 52.9 Å². The molecule has 0 atom stereocenters. The van der Waals surface area contributed by atoms with E-state index in [-0.39, 0.29) is 0 Å². The Hall–Kier alpha value is 0.657. The van der Waals surface area contributed by atoms with Crippen LogP contribution in [0, 0.1) is 0 Å². The molecule has 0 heterocycles. The lowest BCUT2D eigenvalue weighted by Gasteiger charge is -2.31. The Labute approximate surface area is 112 Å². The van der Waals surface area contributed by atoms with Crippen molar-refractivity contribution < 1.29 is 4.43 Å². The highest BCUT2D eigenvalue weighted by atomic mass is 79.9. The van der Waals surface area contributed by atoms with E-state index < -0.39 is 8.32 Å². The fourth-order valence-electron chi connectivity index (χ4n) is 2.08. The van der Waals surface area contributed by atoms with Gasteiger partial charge in [0.1, 0.15) is 0 Å². The molecule has 0 aliphatic carbocycles. The largest absolute Gasteiger partial charge is 0.417 e. The van der Waals surface area contributed by atoms with Gasteiger partial charge in [-0.3, -0.25) is 0 Å². The second kappa shape index (κ2) is 10.8. The van der Waals surface area contributed by atoms with Crippen molar-refractivity contribution in [2.24, 2.45) is 0 Å². The molecule has 0 amide bonds. The highest BCUT2D eigenvalue weighted by Gasteiger charge is 2.32. The summed E-state index contributed by atoms with van der Waals surface area (Å²) in [6.45, 7) is 7.76. The minimum Gasteiger partial charge on any atom is -0.417 e. The van der Waals surface area contributed by atoms with Gasteiger partial charge < -0.3 is 4.43 Å². The molecule has 0 rings (SSSR count). The van der Waals surface area contributed by atoms with Crippen LogP contribution >= 0.6 is 15.9 Å². The number of unbranched alkanes of at least 4 members (excludes halogenated alkanes) is 2. The molecular formula is C13H29BrOSi. The molecule has 0 aromatic carbocycles. The maximum absolute atomic E-state index is 6.33. The summed E-state index contributed by atoms with van der Waals surface area (Å²) < 4.78 is 6.33. The molecule has 0 unspecified atom stereocenters. The van der Waals surface area contributed by atoms with E-state index in [1.165, 1.54) is 43.8 Å². The lowest BCUT2D eigenvalue weighted by atomic mass is 10.4. The lowest BCUT2D eigenvalue weighted by molar-refractivity contribution is 0.295. The highest BCUT2D eigenvalue weighted by molar-refractivity contribution is 9.09. The van der Waals surface area contributed by atoms with Crippen LogP contribution in [0.3, 0.4) is 0 Å². The van der Waals surface area contributed by atoms with Crippen LogP contribution in [0.25, 0.3) is 0 Å². The quantitative estimate of drug-likeness (QED) is 0.369. The zero-order chi connectivity index (χ0) is 12.3. The van der Waals surface area contributed by atoms with E-state index in [9.17, 15) is 0 Å². The predicted octanol–water partition coefficient (Wildman–Crippen LogP) is 5.35. The Morgan fingerprint density at radius 2 is 1.44 bits per heavy atom. The van der Waals surface area contributed by atoms with Crippen molar-refractivity contribution in [3.63, 3.8) is 0 Å². The second-order valence-corrected chi connectivity index (χ2v) is 9.63. The number of hydrogen-bond donors (Lipinski definition) is 0. The fourth-order valence-corrected chi connectivity index (χ4v) is 8.41. The zero-order valence-electron chi connectivity index (χ0n) is 11.4. The van der Waals surface area contributed by atoms with Crippen LogP contribution in [0.15, 0.2) is 0 Å². The van der Waals surface area contributed by atoms with Crippen molar-refractivity contribution in [3.8, 4) is 0 Å². The summed E-state index contributed by atoms with van der Waals surface area (Å²) in [5, 5.41) is 1.12. The summed E-state index contributed by atoms with van der Waals surface area (Å²) in [6.07, 6.45) is 6.48. The molecule has 0 aliphatic rings. The first-order valence-electron chi connectivity index (χ1n) is 6.94. The minimum atomic E-state index is -1.41. The maximum atomic E-state index is 6.33. The van der Waals surface area contributed by atoms with Crippen molar-refractivity contribution in [3.05, 3.63) is 0 Å². The van der Waals surface area contributed by atoms with E-state index in [0.29, 0.717) is 0 Å². The van der Waals surface area contributed by atoms with Crippen LogP contribution in [0.5, 0.6) is 0 Å². The molecule has 1 nitrogen and oxygen atoms in total. The Kier molecular flexibility index (Phi) is 11.2. The van der Waals surface area contributed by atoms with Crippen LogP contribution in [0.2, 0.25) is 18.1 Å². The van der Waals surface area contributed by atoms with E-state index in [4.69, 9.17) is 4.43 Å². The van der Waals surface area contributed by atoms with Gasteiger partial charge in [0.05, 0.1) is 0 Å². The number of alkyl halides is 1. The second-order valence-electron chi connectivity index (χ2n) is 4.68. The van der Waals surface area contributed by atoms with Gasteiger partial charge in [0.15, 0.2) is 8.32 Å². The Morgan fingerprint density at radius 3 is 1.81 bits per heavy atom. The Morgan fingerprint density at radius 1 is 0.875 bits per heavy atom. The molecule has 0 saturated carbocycles. The number of rotatable bonds is 11. The van der Waals surface area contributed by atoms with E-state index in [0.717, 1.165) is 18.4 Å². The first-order valence-corrected chi connectivity index (χ1v) is 10.6. The third-order valence-corrected chi connectivity index (χ3v) is 8.77. The average molecular weight is 309 g/mol. The van der Waals surface area contributed by atoms with E-state index in [1.54, 1.807) is 0 Å². The third kappa shape index (κ3) is 7.07. The predicted molar refractivity (Wildman–Crippen MR) is 80.0 cm³/mol. The summed E-state index contributed by atoms with van der Waals surface area (Å²) in [7, 11) is -1.41. The van der Waals surface area contributed by atoms with Crippen molar-refractivity contribution in [2.45, 2.75) is 71.0 Å². The van der Waals surface area contributed by atoms with Gasteiger partial charge >= 0.3 is 0 Å². The average Bonchev–Trinajstić information content (AvgIpc) is 2.31. The normalized spacial score (nSPS) is 12.0. The Bertz CT molecular complexity index is 131. The van der Waals surface area contributed by atoms with Crippen molar-refractivity contribution in [1.82, 2.24) is 0 Å². The van der Waals surface area contributed by atoms with Gasteiger partial charge in [0.25, 0.3) is 0 Å². The van der Waals surface area contributed by atoms with Crippen molar-refractivity contribution in [2.75, 3.05) is 11.9 Å². The summed E-state index contributed by atoms with van der Waals surface area (Å²) >= 11 is 3.62. The van der Waals surface area contributed by atoms with Gasteiger partial charge in [0.2, 0.25) is 0 Å². The highest BCUT2D eigenvalue weighted by Crippen LogP contribution is 2.28. The van der Waals surface area contributed by atoms with Crippen LogP contribution in [-0.2, 0) is 4.43 Å². The van der Waals surface area contributed by atoms with Gasteiger partial charge in [-0.15, -0.1) is 0 Å². The smallest absolute Gasteiger partial charge is 0.193 e. The summed E-state index contributed by atoms with van der Waals surface area (Å²) in [4.78, 5) is 0. The molecule has 0 aromatic rings. The SMILES string of the molecule is CCCC[Si](CCBr)(CCCC)OCCC. The van der Waals surface area contributed by atoms with E-state index >= 15 is 0 Å². The third-order valence-electron chi connectivity index (χ3n) is 3.13. The molecule has 0 fully saturated rings. The minimum absolute atomic E-state index is 0.979. The standard InChI is InChI=1S/C13H29BrOSi/c1-4-7-11-16(13-9-14,12-8-5-2)15-10-6-3/h4-13H2,1-3H3. The molecule has 0 aromatic heterocycles.